The lowest BCUT2D eigenvalue weighted by molar-refractivity contribution is 0.0619. The molecule has 1 N–H and O–H groups in total. The molecule has 6 nitrogen and oxygen atoms in total. The minimum absolute atomic E-state index is 0.166. The van der Waals surface area contributed by atoms with Crippen molar-refractivity contribution in [2.75, 3.05) is 27.4 Å². The van der Waals surface area contributed by atoms with Crippen LogP contribution in [0.4, 0.5) is 0 Å². The first kappa shape index (κ1) is 19.0. The lowest BCUT2D eigenvalue weighted by atomic mass is 10.1. The van der Waals surface area contributed by atoms with Gasteiger partial charge >= 0.3 is 7.60 Å². The van der Waals surface area contributed by atoms with Gasteiger partial charge in [0.1, 0.15) is 0 Å². The topological polar surface area (TPSA) is 74.2 Å². The third kappa shape index (κ3) is 3.46. The van der Waals surface area contributed by atoms with Crippen LogP contribution in [-0.4, -0.2) is 32.5 Å². The van der Waals surface area contributed by atoms with Crippen molar-refractivity contribution in [2.24, 2.45) is 0 Å². The number of ether oxygens (including phenoxy) is 2. The molecule has 0 aliphatic rings. The summed E-state index contributed by atoms with van der Waals surface area (Å²) in [5.41, 5.74) is 0.401. The van der Waals surface area contributed by atoms with Crippen LogP contribution in [0.5, 0.6) is 11.5 Å². The molecule has 0 amide bonds. The molecule has 0 saturated carbocycles. The van der Waals surface area contributed by atoms with Crippen molar-refractivity contribution >= 4 is 7.60 Å². The van der Waals surface area contributed by atoms with E-state index in [-0.39, 0.29) is 19.6 Å². The number of aliphatic hydroxyl groups is 1. The van der Waals surface area contributed by atoms with Crippen LogP contribution in [0.2, 0.25) is 0 Å². The molecule has 0 fully saturated rings. The molecular weight excluding hydrogens is 307 g/mol. The molecule has 1 unspecified atom stereocenters. The first-order chi connectivity index (χ1) is 10.4. The molecule has 1 aromatic carbocycles. The molecule has 0 aliphatic heterocycles. The number of benzene rings is 1. The Morgan fingerprint density at radius 2 is 1.59 bits per heavy atom. The van der Waals surface area contributed by atoms with Gasteiger partial charge in [0, 0.05) is 0 Å². The van der Waals surface area contributed by atoms with Crippen LogP contribution in [0.25, 0.3) is 0 Å². The Balaban J connectivity index is 3.41. The zero-order valence-electron chi connectivity index (χ0n) is 13.8. The molecule has 1 atom stereocenters. The molecule has 7 heteroatoms. The maximum Gasteiger partial charge on any atom is 0.366 e. The molecule has 0 spiro atoms. The van der Waals surface area contributed by atoms with Crippen LogP contribution in [0, 0.1) is 0 Å². The zero-order chi connectivity index (χ0) is 16.8. The fourth-order valence-electron chi connectivity index (χ4n) is 2.23. The number of hydrogen-bond acceptors (Lipinski definition) is 6. The minimum Gasteiger partial charge on any atom is -0.493 e. The highest BCUT2D eigenvalue weighted by molar-refractivity contribution is 7.54. The average molecular weight is 332 g/mol. The van der Waals surface area contributed by atoms with Gasteiger partial charge in [0.15, 0.2) is 16.8 Å². The third-order valence-corrected chi connectivity index (χ3v) is 6.07. The van der Waals surface area contributed by atoms with Crippen LogP contribution in [-0.2, 0) is 19.0 Å². The Morgan fingerprint density at radius 3 is 2.00 bits per heavy atom. The van der Waals surface area contributed by atoms with E-state index in [9.17, 15) is 9.67 Å². The van der Waals surface area contributed by atoms with Gasteiger partial charge in [0.2, 0.25) is 0 Å². The molecule has 0 bridgehead atoms. The van der Waals surface area contributed by atoms with Crippen LogP contribution in [0.1, 0.15) is 32.8 Å². The largest absolute Gasteiger partial charge is 0.493 e. The molecule has 0 aliphatic carbocycles. The predicted octanol–water partition coefficient (Wildman–Crippen LogP) is 3.53. The standard InChI is InChI=1S/C15H25O6P/c1-6-15(16,22(17,20-7-2)21-8-3)12-9-10-13(18-4)14(11-12)19-5/h9-11,16H,6-8H2,1-5H3. The van der Waals surface area contributed by atoms with Crippen LogP contribution < -0.4 is 9.47 Å². The Bertz CT molecular complexity index is 523. The highest BCUT2D eigenvalue weighted by atomic mass is 31.2. The van der Waals surface area contributed by atoms with Crippen molar-refractivity contribution < 1.29 is 28.2 Å². The highest BCUT2D eigenvalue weighted by Gasteiger charge is 2.50. The van der Waals surface area contributed by atoms with E-state index in [2.05, 4.69) is 0 Å². The van der Waals surface area contributed by atoms with E-state index in [1.165, 1.54) is 14.2 Å². The van der Waals surface area contributed by atoms with Crippen molar-refractivity contribution in [3.63, 3.8) is 0 Å². The third-order valence-electron chi connectivity index (χ3n) is 3.39. The van der Waals surface area contributed by atoms with Gasteiger partial charge in [0.25, 0.3) is 0 Å². The normalized spacial score (nSPS) is 14.5. The molecule has 126 valence electrons. The Kier molecular flexibility index (Phi) is 6.88. The van der Waals surface area contributed by atoms with Crippen molar-refractivity contribution in [3.8, 4) is 11.5 Å². The van der Waals surface area contributed by atoms with E-state index in [1.54, 1.807) is 39.0 Å². The summed E-state index contributed by atoms with van der Waals surface area (Å²) in [5.74, 6) is 0.957. The second-order valence-corrected chi connectivity index (χ2v) is 6.82. The Hall–Kier alpha value is -1.07. The predicted molar refractivity (Wildman–Crippen MR) is 84.6 cm³/mol. The van der Waals surface area contributed by atoms with E-state index in [0.717, 1.165) is 0 Å². The van der Waals surface area contributed by atoms with Gasteiger partial charge in [-0.3, -0.25) is 4.57 Å². The smallest absolute Gasteiger partial charge is 0.366 e. The summed E-state index contributed by atoms with van der Waals surface area (Å²) in [6, 6.07) is 4.87. The first-order valence-corrected chi connectivity index (χ1v) is 8.80. The summed E-state index contributed by atoms with van der Waals surface area (Å²) in [6.45, 7) is 5.48. The highest BCUT2D eigenvalue weighted by Crippen LogP contribution is 2.65. The summed E-state index contributed by atoms with van der Waals surface area (Å²) in [7, 11) is -0.738. The summed E-state index contributed by atoms with van der Waals surface area (Å²) in [6.07, 6.45) is 0.166. The monoisotopic (exact) mass is 332 g/mol. The van der Waals surface area contributed by atoms with E-state index >= 15 is 0 Å². The van der Waals surface area contributed by atoms with Gasteiger partial charge in [0.05, 0.1) is 27.4 Å². The molecular formula is C15H25O6P. The van der Waals surface area contributed by atoms with Crippen molar-refractivity contribution in [1.82, 2.24) is 0 Å². The second kappa shape index (κ2) is 7.97. The van der Waals surface area contributed by atoms with E-state index in [0.29, 0.717) is 17.1 Å². The molecule has 0 saturated heterocycles. The SMILES string of the molecule is CCOP(=O)(OCC)C(O)(CC)c1ccc(OC)c(OC)c1. The molecule has 1 rings (SSSR count). The van der Waals surface area contributed by atoms with E-state index in [4.69, 9.17) is 18.5 Å². The van der Waals surface area contributed by atoms with Gasteiger partial charge < -0.3 is 23.6 Å². The quantitative estimate of drug-likeness (QED) is 0.697. The van der Waals surface area contributed by atoms with Crippen molar-refractivity contribution in [2.45, 2.75) is 32.5 Å². The lowest BCUT2D eigenvalue weighted by Gasteiger charge is -2.34. The van der Waals surface area contributed by atoms with Crippen LogP contribution >= 0.6 is 7.60 Å². The van der Waals surface area contributed by atoms with E-state index in [1.807, 2.05) is 0 Å². The van der Waals surface area contributed by atoms with Crippen molar-refractivity contribution in [3.05, 3.63) is 23.8 Å². The fraction of sp³-hybridized carbons (Fsp3) is 0.600. The second-order valence-electron chi connectivity index (χ2n) is 4.57. The number of hydrogen-bond donors (Lipinski definition) is 1. The molecule has 0 heterocycles. The summed E-state index contributed by atoms with van der Waals surface area (Å²) in [5, 5.41) is 9.30. The summed E-state index contributed by atoms with van der Waals surface area (Å²) in [4.78, 5) is 0. The first-order valence-electron chi connectivity index (χ1n) is 7.26. The minimum atomic E-state index is -3.76. The van der Waals surface area contributed by atoms with Gasteiger partial charge in [-0.1, -0.05) is 13.0 Å². The zero-order valence-corrected chi connectivity index (χ0v) is 14.7. The maximum absolute atomic E-state index is 13.1. The van der Waals surface area contributed by atoms with Gasteiger partial charge in [-0.05, 0) is 38.0 Å². The van der Waals surface area contributed by atoms with E-state index < -0.39 is 12.9 Å². The Labute approximate surface area is 131 Å². The molecule has 0 radical (unpaired) electrons. The molecule has 22 heavy (non-hydrogen) atoms. The van der Waals surface area contributed by atoms with Gasteiger partial charge in [-0.2, -0.15) is 0 Å². The van der Waals surface area contributed by atoms with Crippen molar-refractivity contribution in [1.29, 1.82) is 0 Å². The lowest BCUT2D eigenvalue weighted by Crippen LogP contribution is -2.27. The summed E-state index contributed by atoms with van der Waals surface area (Å²) >= 11 is 0. The maximum atomic E-state index is 13.1. The van der Waals surface area contributed by atoms with Crippen LogP contribution in [0.3, 0.4) is 0 Å². The Morgan fingerprint density at radius 1 is 1.05 bits per heavy atom. The van der Waals surface area contributed by atoms with Crippen LogP contribution in [0.15, 0.2) is 18.2 Å². The number of methoxy groups -OCH3 is 2. The van der Waals surface area contributed by atoms with Gasteiger partial charge in [-0.15, -0.1) is 0 Å². The fourth-order valence-corrected chi connectivity index (χ4v) is 4.26. The number of rotatable bonds is 9. The summed E-state index contributed by atoms with van der Waals surface area (Å²) < 4.78 is 34.1. The molecule has 1 aromatic rings. The molecule has 0 aromatic heterocycles. The van der Waals surface area contributed by atoms with Gasteiger partial charge in [-0.25, -0.2) is 0 Å². The average Bonchev–Trinajstić information content (AvgIpc) is 2.53.